The second kappa shape index (κ2) is 6.33. The van der Waals surface area contributed by atoms with Crippen LogP contribution in [-0.4, -0.2) is 11.1 Å². The first-order valence-electron chi connectivity index (χ1n) is 7.21. The molecule has 2 nitrogen and oxygen atoms in total. The van der Waals surface area contributed by atoms with E-state index in [1.165, 1.54) is 6.07 Å². The molecule has 0 aliphatic heterocycles. The van der Waals surface area contributed by atoms with E-state index in [0.29, 0.717) is 18.4 Å². The number of rotatable bonds is 3. The topological polar surface area (TPSA) is 37.3 Å². The molecule has 0 atom stereocenters. The molecule has 1 aromatic carbocycles. The van der Waals surface area contributed by atoms with Gasteiger partial charge in [-0.2, -0.15) is 0 Å². The molecule has 0 unspecified atom stereocenters. The van der Waals surface area contributed by atoms with Gasteiger partial charge in [-0.25, -0.2) is 8.78 Å². The van der Waals surface area contributed by atoms with Crippen LogP contribution >= 0.6 is 0 Å². The average Bonchev–Trinajstić information content (AvgIpc) is 2.37. The molecule has 1 fully saturated rings. The number of carboxylic acids is 1. The minimum atomic E-state index is -0.908. The fourth-order valence-electron chi connectivity index (χ4n) is 3.09. The van der Waals surface area contributed by atoms with Crippen molar-refractivity contribution < 1.29 is 18.7 Å². The lowest BCUT2D eigenvalue weighted by Crippen LogP contribution is -2.34. The predicted octanol–water partition coefficient (Wildman–Crippen LogP) is 4.32. The summed E-state index contributed by atoms with van der Waals surface area (Å²) < 4.78 is 26.2. The SMILES string of the molecule is O=C(O)C1(Cc2ccc(F)c(F)c2)CCCCCCC1. The standard InChI is InChI=1S/C16H20F2O2/c17-13-7-6-12(10-14(13)18)11-16(15(19)20)8-4-2-1-3-5-9-16/h6-7,10H,1-5,8-9,11H2,(H,19,20). The maximum atomic E-state index is 13.3. The van der Waals surface area contributed by atoms with Crippen molar-refractivity contribution in [1.82, 2.24) is 0 Å². The molecule has 0 spiro atoms. The minimum Gasteiger partial charge on any atom is -0.481 e. The van der Waals surface area contributed by atoms with E-state index in [2.05, 4.69) is 0 Å². The summed E-state index contributed by atoms with van der Waals surface area (Å²) in [6.45, 7) is 0. The van der Waals surface area contributed by atoms with E-state index >= 15 is 0 Å². The van der Waals surface area contributed by atoms with E-state index in [1.54, 1.807) is 0 Å². The quantitative estimate of drug-likeness (QED) is 0.896. The number of carboxylic acid groups (broad SMARTS) is 1. The summed E-state index contributed by atoms with van der Waals surface area (Å²) in [6, 6.07) is 3.68. The van der Waals surface area contributed by atoms with Gasteiger partial charge in [0.2, 0.25) is 0 Å². The molecule has 4 heteroatoms. The maximum Gasteiger partial charge on any atom is 0.309 e. The molecule has 1 aliphatic rings. The molecule has 1 aliphatic carbocycles. The van der Waals surface area contributed by atoms with Gasteiger partial charge in [-0.3, -0.25) is 4.79 Å². The fraction of sp³-hybridized carbons (Fsp3) is 0.562. The van der Waals surface area contributed by atoms with Crippen LogP contribution in [0.25, 0.3) is 0 Å². The fourth-order valence-corrected chi connectivity index (χ4v) is 3.09. The lowest BCUT2D eigenvalue weighted by molar-refractivity contribution is -0.150. The second-order valence-electron chi connectivity index (χ2n) is 5.78. The molecular weight excluding hydrogens is 262 g/mol. The highest BCUT2D eigenvalue weighted by Crippen LogP contribution is 2.38. The third-order valence-corrected chi connectivity index (χ3v) is 4.29. The van der Waals surface area contributed by atoms with E-state index in [-0.39, 0.29) is 6.42 Å². The van der Waals surface area contributed by atoms with Gasteiger partial charge in [0, 0.05) is 0 Å². The lowest BCUT2D eigenvalue weighted by Gasteiger charge is -2.31. The highest BCUT2D eigenvalue weighted by molar-refractivity contribution is 5.75. The number of aliphatic carboxylic acids is 1. The largest absolute Gasteiger partial charge is 0.481 e. The first-order valence-corrected chi connectivity index (χ1v) is 7.21. The van der Waals surface area contributed by atoms with Crippen LogP contribution in [0.1, 0.15) is 50.5 Å². The van der Waals surface area contributed by atoms with Gasteiger partial charge in [0.15, 0.2) is 11.6 Å². The van der Waals surface area contributed by atoms with Crippen LogP contribution < -0.4 is 0 Å². The third kappa shape index (κ3) is 3.35. The van der Waals surface area contributed by atoms with Gasteiger partial charge in [-0.15, -0.1) is 0 Å². The van der Waals surface area contributed by atoms with Crippen molar-refractivity contribution in [3.63, 3.8) is 0 Å². The molecule has 0 bridgehead atoms. The predicted molar refractivity (Wildman–Crippen MR) is 72.4 cm³/mol. The molecule has 0 radical (unpaired) electrons. The van der Waals surface area contributed by atoms with Crippen molar-refractivity contribution in [2.45, 2.75) is 51.4 Å². The van der Waals surface area contributed by atoms with Gasteiger partial charge < -0.3 is 5.11 Å². The van der Waals surface area contributed by atoms with Crippen LogP contribution in [0.4, 0.5) is 8.78 Å². The first-order chi connectivity index (χ1) is 9.53. The molecule has 0 saturated heterocycles. The Hall–Kier alpha value is -1.45. The van der Waals surface area contributed by atoms with E-state index in [0.717, 1.165) is 44.2 Å². The Balaban J connectivity index is 2.22. The summed E-state index contributed by atoms with van der Waals surface area (Å²) in [5.74, 6) is -2.62. The number of hydrogen-bond donors (Lipinski definition) is 1. The number of carbonyl (C=O) groups is 1. The molecule has 1 aromatic rings. The summed E-state index contributed by atoms with van der Waals surface area (Å²) in [5, 5.41) is 9.62. The lowest BCUT2D eigenvalue weighted by atomic mass is 9.72. The average molecular weight is 282 g/mol. The zero-order chi connectivity index (χ0) is 14.6. The monoisotopic (exact) mass is 282 g/mol. The van der Waals surface area contributed by atoms with Crippen molar-refractivity contribution >= 4 is 5.97 Å². The highest BCUT2D eigenvalue weighted by Gasteiger charge is 2.38. The van der Waals surface area contributed by atoms with Crippen molar-refractivity contribution in [2.24, 2.45) is 5.41 Å². The summed E-state index contributed by atoms with van der Waals surface area (Å²) in [6.07, 6.45) is 6.52. The Bertz CT molecular complexity index is 477. The van der Waals surface area contributed by atoms with Crippen LogP contribution in [0, 0.1) is 17.0 Å². The Labute approximate surface area is 117 Å². The van der Waals surface area contributed by atoms with E-state index in [4.69, 9.17) is 0 Å². The zero-order valence-corrected chi connectivity index (χ0v) is 11.5. The molecule has 0 aromatic heterocycles. The zero-order valence-electron chi connectivity index (χ0n) is 11.5. The van der Waals surface area contributed by atoms with Crippen molar-refractivity contribution in [2.75, 3.05) is 0 Å². The van der Waals surface area contributed by atoms with Gasteiger partial charge in [0.25, 0.3) is 0 Å². The van der Waals surface area contributed by atoms with E-state index in [9.17, 15) is 18.7 Å². The van der Waals surface area contributed by atoms with Gasteiger partial charge in [0.05, 0.1) is 5.41 Å². The summed E-state index contributed by atoms with van der Waals surface area (Å²) in [7, 11) is 0. The molecule has 2 rings (SSSR count). The molecule has 1 saturated carbocycles. The third-order valence-electron chi connectivity index (χ3n) is 4.29. The first kappa shape index (κ1) is 14.9. The normalized spacial score (nSPS) is 19.1. The van der Waals surface area contributed by atoms with E-state index < -0.39 is 23.0 Å². The number of hydrogen-bond acceptors (Lipinski definition) is 1. The Morgan fingerprint density at radius 1 is 1.05 bits per heavy atom. The van der Waals surface area contributed by atoms with Gasteiger partial charge in [-0.05, 0) is 37.0 Å². The van der Waals surface area contributed by atoms with Gasteiger partial charge >= 0.3 is 5.97 Å². The van der Waals surface area contributed by atoms with Crippen molar-refractivity contribution in [3.8, 4) is 0 Å². The van der Waals surface area contributed by atoms with Crippen LogP contribution in [0.2, 0.25) is 0 Å². The molecule has 0 heterocycles. The van der Waals surface area contributed by atoms with Gasteiger partial charge in [0.1, 0.15) is 0 Å². The molecule has 20 heavy (non-hydrogen) atoms. The van der Waals surface area contributed by atoms with Crippen molar-refractivity contribution in [1.29, 1.82) is 0 Å². The molecular formula is C16H20F2O2. The molecule has 1 N–H and O–H groups in total. The van der Waals surface area contributed by atoms with Crippen LogP contribution in [-0.2, 0) is 11.2 Å². The van der Waals surface area contributed by atoms with Crippen molar-refractivity contribution in [3.05, 3.63) is 35.4 Å². The second-order valence-corrected chi connectivity index (χ2v) is 5.78. The summed E-state index contributed by atoms with van der Waals surface area (Å²) in [5.41, 5.74) is -0.267. The Kier molecular flexibility index (Phi) is 4.73. The maximum absolute atomic E-state index is 13.3. The minimum absolute atomic E-state index is 0.277. The van der Waals surface area contributed by atoms with Gasteiger partial charge in [-0.1, -0.05) is 38.2 Å². The Morgan fingerprint density at radius 2 is 1.65 bits per heavy atom. The molecule has 110 valence electrons. The van der Waals surface area contributed by atoms with Crippen LogP contribution in [0.5, 0.6) is 0 Å². The smallest absolute Gasteiger partial charge is 0.309 e. The van der Waals surface area contributed by atoms with E-state index in [1.807, 2.05) is 0 Å². The molecule has 0 amide bonds. The Morgan fingerprint density at radius 3 is 2.20 bits per heavy atom. The van der Waals surface area contributed by atoms with Crippen LogP contribution in [0.15, 0.2) is 18.2 Å². The van der Waals surface area contributed by atoms with Crippen LogP contribution in [0.3, 0.4) is 0 Å². The number of benzene rings is 1. The highest BCUT2D eigenvalue weighted by atomic mass is 19.2. The number of halogens is 2. The summed E-state index contributed by atoms with van der Waals surface area (Å²) >= 11 is 0. The summed E-state index contributed by atoms with van der Waals surface area (Å²) in [4.78, 5) is 11.7.